The van der Waals surface area contributed by atoms with Crippen LogP contribution in [0, 0.1) is 0 Å². The number of nitrogens with zero attached hydrogens (tertiary/aromatic N) is 2. The lowest BCUT2D eigenvalue weighted by molar-refractivity contribution is 0.102. The Labute approximate surface area is 160 Å². The van der Waals surface area contributed by atoms with Gasteiger partial charge in [-0.3, -0.25) is 10.1 Å². The fourth-order valence-corrected chi connectivity index (χ4v) is 3.64. The van der Waals surface area contributed by atoms with Crippen LogP contribution in [0.15, 0.2) is 71.6 Å². The maximum Gasteiger partial charge on any atom is 0.261 e. The molecule has 0 spiro atoms. The molecule has 0 unspecified atom stereocenters. The van der Waals surface area contributed by atoms with Gasteiger partial charge < -0.3 is 4.74 Å². The molecule has 0 saturated heterocycles. The average molecular weight is 383 g/mol. The number of benzene rings is 2. The van der Waals surface area contributed by atoms with Gasteiger partial charge in [0.2, 0.25) is 5.13 Å². The van der Waals surface area contributed by atoms with Crippen LogP contribution < -0.4 is 10.1 Å². The van der Waals surface area contributed by atoms with Crippen LogP contribution in [0.25, 0.3) is 0 Å². The Bertz CT molecular complexity index is 881. The summed E-state index contributed by atoms with van der Waals surface area (Å²) in [4.78, 5) is 12.6. The van der Waals surface area contributed by atoms with E-state index in [-0.39, 0.29) is 5.91 Å². The Morgan fingerprint density at radius 1 is 1.15 bits per heavy atom. The minimum absolute atomic E-state index is 0.273. The summed E-state index contributed by atoms with van der Waals surface area (Å²) in [6, 6.07) is 17.0. The molecular formula is C19H17N3O2S2. The van der Waals surface area contributed by atoms with Gasteiger partial charge in [-0.25, -0.2) is 0 Å². The van der Waals surface area contributed by atoms with Gasteiger partial charge in [0.1, 0.15) is 12.4 Å². The predicted octanol–water partition coefficient (Wildman–Crippen LogP) is 4.65. The van der Waals surface area contributed by atoms with Gasteiger partial charge in [-0.2, -0.15) is 0 Å². The largest absolute Gasteiger partial charge is 0.488 e. The number of anilines is 1. The minimum atomic E-state index is -0.273. The summed E-state index contributed by atoms with van der Waals surface area (Å²) in [7, 11) is 0. The molecule has 0 saturated carbocycles. The molecule has 3 rings (SSSR count). The molecule has 1 N–H and O–H groups in total. The molecule has 132 valence electrons. The summed E-state index contributed by atoms with van der Waals surface area (Å²) >= 11 is 2.86. The lowest BCUT2D eigenvalue weighted by Crippen LogP contribution is -2.13. The number of para-hydroxylation sites is 1. The Hall–Kier alpha value is -2.64. The van der Waals surface area contributed by atoms with Crippen LogP contribution in [0.1, 0.15) is 15.9 Å². The van der Waals surface area contributed by atoms with E-state index in [0.717, 1.165) is 15.7 Å². The molecule has 0 aliphatic rings. The fraction of sp³-hybridized carbons (Fsp3) is 0.105. The van der Waals surface area contributed by atoms with E-state index in [1.165, 1.54) is 23.1 Å². The number of carbonyl (C=O) groups excluding carboxylic acids is 1. The second-order valence-electron chi connectivity index (χ2n) is 5.20. The molecule has 0 aliphatic heterocycles. The Morgan fingerprint density at radius 3 is 2.73 bits per heavy atom. The summed E-state index contributed by atoms with van der Waals surface area (Å²) in [5.74, 6) is 1.00. The molecule has 5 nitrogen and oxygen atoms in total. The van der Waals surface area contributed by atoms with Gasteiger partial charge in [0.25, 0.3) is 5.91 Å². The first-order valence-electron chi connectivity index (χ1n) is 7.90. The van der Waals surface area contributed by atoms with Crippen molar-refractivity contribution in [1.29, 1.82) is 0 Å². The van der Waals surface area contributed by atoms with Gasteiger partial charge in [-0.15, -0.1) is 16.8 Å². The summed E-state index contributed by atoms with van der Waals surface area (Å²) < 4.78 is 6.62. The summed E-state index contributed by atoms with van der Waals surface area (Å²) in [6.45, 7) is 4.07. The van der Waals surface area contributed by atoms with E-state index in [4.69, 9.17) is 4.74 Å². The molecule has 0 aliphatic carbocycles. The quantitative estimate of drug-likeness (QED) is 0.348. The van der Waals surface area contributed by atoms with Crippen molar-refractivity contribution >= 4 is 34.1 Å². The van der Waals surface area contributed by atoms with Gasteiger partial charge in [0.05, 0.1) is 5.56 Å². The highest BCUT2D eigenvalue weighted by Gasteiger charge is 2.15. The van der Waals surface area contributed by atoms with Crippen molar-refractivity contribution in [2.45, 2.75) is 10.9 Å². The number of carbonyl (C=O) groups is 1. The summed E-state index contributed by atoms with van der Waals surface area (Å²) in [5, 5.41) is 11.3. The van der Waals surface area contributed by atoms with Crippen molar-refractivity contribution in [2.24, 2.45) is 0 Å². The first kappa shape index (κ1) is 18.2. The fourth-order valence-electron chi connectivity index (χ4n) is 2.13. The van der Waals surface area contributed by atoms with Gasteiger partial charge in [-0.05, 0) is 17.7 Å². The Morgan fingerprint density at radius 2 is 1.92 bits per heavy atom. The molecule has 26 heavy (non-hydrogen) atoms. The molecule has 0 radical (unpaired) electrons. The smallest absolute Gasteiger partial charge is 0.261 e. The highest BCUT2D eigenvalue weighted by atomic mass is 32.2. The summed E-state index contributed by atoms with van der Waals surface area (Å²) in [6.07, 6.45) is 1.80. The van der Waals surface area contributed by atoms with E-state index in [1.54, 1.807) is 24.3 Å². The monoisotopic (exact) mass is 383 g/mol. The van der Waals surface area contributed by atoms with Crippen molar-refractivity contribution in [3.63, 3.8) is 0 Å². The van der Waals surface area contributed by atoms with Crippen molar-refractivity contribution in [1.82, 2.24) is 10.2 Å². The number of amides is 1. The molecular weight excluding hydrogens is 366 g/mol. The van der Waals surface area contributed by atoms with E-state index in [0.29, 0.717) is 23.1 Å². The van der Waals surface area contributed by atoms with Crippen molar-refractivity contribution in [3.05, 3.63) is 78.4 Å². The van der Waals surface area contributed by atoms with Gasteiger partial charge in [0, 0.05) is 5.75 Å². The number of hydrogen-bond donors (Lipinski definition) is 1. The third-order valence-electron chi connectivity index (χ3n) is 3.32. The van der Waals surface area contributed by atoms with Crippen molar-refractivity contribution in [3.8, 4) is 5.75 Å². The zero-order valence-electron chi connectivity index (χ0n) is 13.9. The van der Waals surface area contributed by atoms with E-state index in [1.807, 2.05) is 36.4 Å². The van der Waals surface area contributed by atoms with E-state index in [9.17, 15) is 4.79 Å². The molecule has 3 aromatic rings. The van der Waals surface area contributed by atoms with Crippen LogP contribution in [0.4, 0.5) is 5.13 Å². The molecule has 0 fully saturated rings. The lowest BCUT2D eigenvalue weighted by Gasteiger charge is -2.10. The van der Waals surface area contributed by atoms with Crippen LogP contribution in [-0.4, -0.2) is 21.9 Å². The number of aromatic nitrogens is 2. The average Bonchev–Trinajstić information content (AvgIpc) is 3.13. The topological polar surface area (TPSA) is 64.1 Å². The van der Waals surface area contributed by atoms with E-state index in [2.05, 4.69) is 22.1 Å². The van der Waals surface area contributed by atoms with E-state index >= 15 is 0 Å². The molecule has 7 heteroatoms. The molecule has 0 atom stereocenters. The number of hydrogen-bond acceptors (Lipinski definition) is 6. The second kappa shape index (κ2) is 9.17. The van der Waals surface area contributed by atoms with Crippen molar-refractivity contribution < 1.29 is 9.53 Å². The van der Waals surface area contributed by atoms with Gasteiger partial charge in [-0.1, -0.05) is 71.6 Å². The number of nitrogens with one attached hydrogen (secondary N) is 1. The third-order valence-corrected chi connectivity index (χ3v) is 5.29. The highest BCUT2D eigenvalue weighted by Crippen LogP contribution is 2.27. The maximum atomic E-state index is 12.6. The maximum absolute atomic E-state index is 12.6. The zero-order valence-corrected chi connectivity index (χ0v) is 15.6. The van der Waals surface area contributed by atoms with Crippen molar-refractivity contribution in [2.75, 3.05) is 11.1 Å². The van der Waals surface area contributed by atoms with Crippen LogP contribution in [-0.2, 0) is 6.61 Å². The summed E-state index contributed by atoms with van der Waals surface area (Å²) in [5.41, 5.74) is 1.50. The minimum Gasteiger partial charge on any atom is -0.488 e. The molecule has 1 amide bonds. The normalized spacial score (nSPS) is 10.3. The first-order chi connectivity index (χ1) is 12.8. The standard InChI is InChI=1S/C19H17N3O2S2/c1-2-12-25-19-22-21-18(26-19)20-17(23)15-10-6-7-11-16(15)24-13-14-8-4-3-5-9-14/h2-11H,1,12-13H2,(H,20,21,23). The predicted molar refractivity (Wildman–Crippen MR) is 106 cm³/mol. The second-order valence-corrected chi connectivity index (χ2v) is 7.44. The SMILES string of the molecule is C=CCSc1nnc(NC(=O)c2ccccc2OCc2ccccc2)s1. The zero-order chi connectivity index (χ0) is 18.2. The van der Waals surface area contributed by atoms with Gasteiger partial charge in [0.15, 0.2) is 4.34 Å². The third kappa shape index (κ3) is 4.93. The molecule has 1 aromatic heterocycles. The van der Waals surface area contributed by atoms with E-state index < -0.39 is 0 Å². The first-order valence-corrected chi connectivity index (χ1v) is 9.71. The number of rotatable bonds is 8. The van der Waals surface area contributed by atoms with Gasteiger partial charge >= 0.3 is 0 Å². The Balaban J connectivity index is 1.67. The highest BCUT2D eigenvalue weighted by molar-refractivity contribution is 8.01. The van der Waals surface area contributed by atoms with Crippen LogP contribution in [0.2, 0.25) is 0 Å². The van der Waals surface area contributed by atoms with Crippen LogP contribution in [0.5, 0.6) is 5.75 Å². The number of thioether (sulfide) groups is 1. The lowest BCUT2D eigenvalue weighted by atomic mass is 10.2. The molecule has 1 heterocycles. The molecule has 2 aromatic carbocycles. The number of ether oxygens (including phenoxy) is 1. The van der Waals surface area contributed by atoms with Crippen LogP contribution >= 0.6 is 23.1 Å². The van der Waals surface area contributed by atoms with Crippen LogP contribution in [0.3, 0.4) is 0 Å². The Kier molecular flexibility index (Phi) is 6.40. The molecule has 0 bridgehead atoms.